The summed E-state index contributed by atoms with van der Waals surface area (Å²) >= 11 is 0. The van der Waals surface area contributed by atoms with Gasteiger partial charge in [0.05, 0.1) is 13.4 Å². The zero-order chi connectivity index (χ0) is 18.4. The molecule has 0 spiro atoms. The monoisotopic (exact) mass is 362 g/mol. The normalized spacial score (nSPS) is 21.4. The lowest BCUT2D eigenvalue weighted by atomic mass is 9.79. The van der Waals surface area contributed by atoms with Crippen molar-refractivity contribution in [3.05, 3.63) is 71.6 Å². The molecule has 5 rings (SSSR count). The number of Topliss-reactive ketones (excluding diaryl/α,β-unsaturated/α-hetero) is 1. The number of aromatic nitrogens is 3. The van der Waals surface area contributed by atoms with Crippen LogP contribution in [0.5, 0.6) is 5.75 Å². The summed E-state index contributed by atoms with van der Waals surface area (Å²) in [6.45, 7) is 0. The first-order valence-corrected chi connectivity index (χ1v) is 8.84. The largest absolute Gasteiger partial charge is 0.497 e. The molecule has 0 saturated carbocycles. The van der Waals surface area contributed by atoms with E-state index in [1.54, 1.807) is 18.1 Å². The van der Waals surface area contributed by atoms with Crippen molar-refractivity contribution in [3.8, 4) is 5.75 Å². The Hall–Kier alpha value is -3.35. The Morgan fingerprint density at radius 3 is 3.00 bits per heavy atom. The number of methoxy groups -OCH3 is 1. The highest BCUT2D eigenvalue weighted by molar-refractivity contribution is 6.00. The minimum atomic E-state index is -0.320. The Morgan fingerprint density at radius 1 is 1.26 bits per heavy atom. The Labute approximate surface area is 155 Å². The summed E-state index contributed by atoms with van der Waals surface area (Å²) in [5.41, 5.74) is 2.57. The van der Waals surface area contributed by atoms with Crippen molar-refractivity contribution < 1.29 is 13.9 Å². The molecular weight excluding hydrogens is 344 g/mol. The number of ether oxygens (including phenoxy) is 1. The van der Waals surface area contributed by atoms with Gasteiger partial charge in [-0.25, -0.2) is 4.68 Å². The summed E-state index contributed by atoms with van der Waals surface area (Å²) in [4.78, 5) is 17.5. The van der Waals surface area contributed by atoms with Gasteiger partial charge in [-0.15, -0.1) is 0 Å². The molecule has 27 heavy (non-hydrogen) atoms. The van der Waals surface area contributed by atoms with Crippen LogP contribution in [0.2, 0.25) is 0 Å². The van der Waals surface area contributed by atoms with E-state index in [-0.39, 0.29) is 17.7 Å². The first-order chi connectivity index (χ1) is 13.2. The van der Waals surface area contributed by atoms with Crippen LogP contribution in [0.15, 0.2) is 64.7 Å². The first-order valence-electron chi connectivity index (χ1n) is 8.84. The van der Waals surface area contributed by atoms with Crippen LogP contribution in [0.4, 0.5) is 5.95 Å². The molecule has 2 atom stereocenters. The van der Waals surface area contributed by atoms with Crippen molar-refractivity contribution in [1.29, 1.82) is 0 Å². The second kappa shape index (κ2) is 6.12. The van der Waals surface area contributed by atoms with E-state index in [0.29, 0.717) is 18.8 Å². The summed E-state index contributed by atoms with van der Waals surface area (Å²) in [5.74, 6) is 2.33. The maximum Gasteiger partial charge on any atom is 0.226 e. The van der Waals surface area contributed by atoms with Gasteiger partial charge in [0.2, 0.25) is 5.95 Å². The number of nitrogens with one attached hydrogen (secondary N) is 1. The molecule has 0 unspecified atom stereocenters. The van der Waals surface area contributed by atoms with Crippen molar-refractivity contribution in [3.63, 3.8) is 0 Å². The van der Waals surface area contributed by atoms with Gasteiger partial charge >= 0.3 is 0 Å². The summed E-state index contributed by atoms with van der Waals surface area (Å²) < 4.78 is 12.7. The van der Waals surface area contributed by atoms with Gasteiger partial charge in [0, 0.05) is 23.6 Å². The van der Waals surface area contributed by atoms with Gasteiger partial charge in [0.15, 0.2) is 5.78 Å². The molecule has 1 aliphatic heterocycles. The van der Waals surface area contributed by atoms with Crippen LogP contribution in [0.1, 0.15) is 36.1 Å². The van der Waals surface area contributed by atoms with E-state index in [9.17, 15) is 4.79 Å². The molecule has 7 nitrogen and oxygen atoms in total. The Balaban J connectivity index is 1.62. The molecule has 0 radical (unpaired) electrons. The maximum atomic E-state index is 13.2. The van der Waals surface area contributed by atoms with Crippen LogP contribution in [0.25, 0.3) is 0 Å². The number of ketones is 1. The highest BCUT2D eigenvalue weighted by Crippen LogP contribution is 2.44. The van der Waals surface area contributed by atoms with Crippen molar-refractivity contribution >= 4 is 11.7 Å². The molecule has 2 aliphatic rings. The number of nitrogens with zero attached hydrogens (tertiary/aromatic N) is 3. The van der Waals surface area contributed by atoms with E-state index in [4.69, 9.17) is 9.15 Å². The number of rotatable bonds is 3. The minimum absolute atomic E-state index is 0.0270. The van der Waals surface area contributed by atoms with Gasteiger partial charge in [-0.1, -0.05) is 12.1 Å². The SMILES string of the molecule is COc1cccc([C@H]2C3=C(C[C@H](c4ccco4)CC3=O)Nc3ncnn32)c1. The third kappa shape index (κ3) is 2.54. The fraction of sp³-hybridized carbons (Fsp3) is 0.250. The summed E-state index contributed by atoms with van der Waals surface area (Å²) in [5, 5.41) is 7.67. The molecule has 3 aromatic rings. The summed E-state index contributed by atoms with van der Waals surface area (Å²) in [6, 6.07) is 11.2. The van der Waals surface area contributed by atoms with Crippen molar-refractivity contribution in [2.75, 3.05) is 12.4 Å². The molecule has 0 bridgehead atoms. The quantitative estimate of drug-likeness (QED) is 0.770. The van der Waals surface area contributed by atoms with Crippen molar-refractivity contribution in [1.82, 2.24) is 14.8 Å². The molecular formula is C20H18N4O3. The summed E-state index contributed by atoms with van der Waals surface area (Å²) in [7, 11) is 1.63. The fourth-order valence-electron chi connectivity index (χ4n) is 4.00. The van der Waals surface area contributed by atoms with Crippen LogP contribution in [-0.2, 0) is 4.79 Å². The fourth-order valence-corrected chi connectivity index (χ4v) is 4.00. The number of anilines is 1. The van der Waals surface area contributed by atoms with Gasteiger partial charge in [-0.05, 0) is 36.2 Å². The third-order valence-electron chi connectivity index (χ3n) is 5.22. The van der Waals surface area contributed by atoms with E-state index in [1.165, 1.54) is 6.33 Å². The average molecular weight is 362 g/mol. The maximum absolute atomic E-state index is 13.2. The number of benzene rings is 1. The molecule has 2 aromatic heterocycles. The number of furan rings is 1. The number of fused-ring (bicyclic) bond motifs is 1. The number of hydrogen-bond acceptors (Lipinski definition) is 6. The van der Waals surface area contributed by atoms with Gasteiger partial charge in [0.25, 0.3) is 0 Å². The van der Waals surface area contributed by atoms with Gasteiger partial charge < -0.3 is 14.5 Å². The highest BCUT2D eigenvalue weighted by Gasteiger charge is 2.39. The number of hydrogen-bond donors (Lipinski definition) is 1. The molecule has 3 heterocycles. The standard InChI is InChI=1S/C20H18N4O3/c1-26-14-5-2-4-12(8-14)19-18-15(23-20-21-11-22-24(19)20)9-13(10-16(18)25)17-6-3-7-27-17/h2-8,11,13,19H,9-10H2,1H3,(H,21,22,23)/t13-,19-/m0/s1. The number of allylic oxidation sites excluding steroid dienone is 2. The van der Waals surface area contributed by atoms with Crippen LogP contribution in [0.3, 0.4) is 0 Å². The van der Waals surface area contributed by atoms with E-state index in [2.05, 4.69) is 15.4 Å². The number of carbonyl (C=O) groups is 1. The van der Waals surface area contributed by atoms with E-state index in [1.807, 2.05) is 36.4 Å². The Bertz CT molecular complexity index is 1040. The molecule has 136 valence electrons. The predicted molar refractivity (Wildman–Crippen MR) is 97.5 cm³/mol. The Morgan fingerprint density at radius 2 is 2.19 bits per heavy atom. The molecule has 0 saturated heterocycles. The van der Waals surface area contributed by atoms with Gasteiger partial charge in [0.1, 0.15) is 23.9 Å². The predicted octanol–water partition coefficient (Wildman–Crippen LogP) is 3.30. The van der Waals surface area contributed by atoms with Gasteiger partial charge in [-0.2, -0.15) is 10.1 Å². The van der Waals surface area contributed by atoms with E-state index >= 15 is 0 Å². The topological polar surface area (TPSA) is 82.2 Å². The zero-order valence-corrected chi connectivity index (χ0v) is 14.8. The Kier molecular flexibility index (Phi) is 3.60. The van der Waals surface area contributed by atoms with Crippen LogP contribution in [0, 0.1) is 0 Å². The van der Waals surface area contributed by atoms with E-state index in [0.717, 1.165) is 28.3 Å². The van der Waals surface area contributed by atoms with Crippen molar-refractivity contribution in [2.45, 2.75) is 24.8 Å². The second-order valence-electron chi connectivity index (χ2n) is 6.77. The smallest absolute Gasteiger partial charge is 0.226 e. The van der Waals surface area contributed by atoms with Crippen molar-refractivity contribution in [2.24, 2.45) is 0 Å². The number of carbonyl (C=O) groups excluding carboxylic acids is 1. The van der Waals surface area contributed by atoms with Crippen LogP contribution in [-0.4, -0.2) is 27.7 Å². The van der Waals surface area contributed by atoms with E-state index < -0.39 is 0 Å². The van der Waals surface area contributed by atoms with Crippen LogP contribution >= 0.6 is 0 Å². The lowest BCUT2D eigenvalue weighted by molar-refractivity contribution is -0.117. The second-order valence-corrected chi connectivity index (χ2v) is 6.77. The minimum Gasteiger partial charge on any atom is -0.497 e. The molecule has 0 amide bonds. The molecule has 1 N–H and O–H groups in total. The molecule has 7 heteroatoms. The average Bonchev–Trinajstić information content (AvgIpc) is 3.38. The van der Waals surface area contributed by atoms with Gasteiger partial charge in [-0.3, -0.25) is 4.79 Å². The summed E-state index contributed by atoms with van der Waals surface area (Å²) in [6.07, 6.45) is 4.26. The lowest BCUT2D eigenvalue weighted by Crippen LogP contribution is -2.33. The van der Waals surface area contributed by atoms with Crippen LogP contribution < -0.4 is 10.1 Å². The first kappa shape index (κ1) is 15.9. The highest BCUT2D eigenvalue weighted by atomic mass is 16.5. The molecule has 0 fully saturated rings. The molecule has 1 aromatic carbocycles. The third-order valence-corrected chi connectivity index (χ3v) is 5.22. The zero-order valence-electron chi connectivity index (χ0n) is 14.8. The lowest BCUT2D eigenvalue weighted by Gasteiger charge is -2.34. The molecule has 1 aliphatic carbocycles.